The lowest BCUT2D eigenvalue weighted by atomic mass is 10.0. The van der Waals surface area contributed by atoms with Gasteiger partial charge in [0.15, 0.2) is 0 Å². The number of hydrogen-bond acceptors (Lipinski definition) is 7. The van der Waals surface area contributed by atoms with Crippen molar-refractivity contribution >= 4 is 40.4 Å². The van der Waals surface area contributed by atoms with Gasteiger partial charge >= 0.3 is 6.09 Å². The van der Waals surface area contributed by atoms with E-state index in [1.807, 2.05) is 0 Å². The highest BCUT2D eigenvalue weighted by atomic mass is 32.1. The average molecular weight is 554 g/mol. The molecule has 0 atom stereocenters. The predicted molar refractivity (Wildman–Crippen MR) is 147 cm³/mol. The monoisotopic (exact) mass is 553 g/mol. The van der Waals surface area contributed by atoms with E-state index < -0.39 is 29.2 Å². The zero-order valence-corrected chi connectivity index (χ0v) is 22.8. The average Bonchev–Trinajstić information content (AvgIpc) is 3.53. The number of benzene rings is 1. The van der Waals surface area contributed by atoms with Crippen LogP contribution in [-0.4, -0.2) is 46.4 Å². The Balaban J connectivity index is 1.41. The number of ether oxygens (including phenoxy) is 1. The van der Waals surface area contributed by atoms with Crippen molar-refractivity contribution in [3.8, 4) is 10.6 Å². The molecule has 0 radical (unpaired) electrons. The van der Waals surface area contributed by atoms with Crippen molar-refractivity contribution in [1.29, 1.82) is 0 Å². The highest BCUT2D eigenvalue weighted by molar-refractivity contribution is 7.13. The molecule has 1 fully saturated rings. The summed E-state index contributed by atoms with van der Waals surface area (Å²) in [5.74, 6) is -1.99. The molecule has 1 saturated heterocycles. The van der Waals surface area contributed by atoms with Crippen molar-refractivity contribution in [3.63, 3.8) is 0 Å². The number of fused-ring (bicyclic) bond motifs is 1. The van der Waals surface area contributed by atoms with E-state index in [0.29, 0.717) is 24.4 Å². The number of nitrogens with one attached hydrogen (secondary N) is 1. The molecular weight excluding hydrogens is 524 g/mol. The van der Waals surface area contributed by atoms with Crippen LogP contribution in [0.5, 0.6) is 0 Å². The van der Waals surface area contributed by atoms with Gasteiger partial charge in [-0.1, -0.05) is 6.07 Å². The lowest BCUT2D eigenvalue weighted by Gasteiger charge is -2.33. The molecule has 1 aliphatic carbocycles. The van der Waals surface area contributed by atoms with Gasteiger partial charge in [-0.3, -0.25) is 9.78 Å². The van der Waals surface area contributed by atoms with Gasteiger partial charge in [-0.15, -0.1) is 11.3 Å². The summed E-state index contributed by atoms with van der Waals surface area (Å²) in [6.07, 6.45) is 5.13. The quantitative estimate of drug-likeness (QED) is 0.413. The van der Waals surface area contributed by atoms with Crippen molar-refractivity contribution in [3.05, 3.63) is 58.4 Å². The first kappa shape index (κ1) is 26.9. The third-order valence-electron chi connectivity index (χ3n) is 6.47. The summed E-state index contributed by atoms with van der Waals surface area (Å²) in [7, 11) is 0. The van der Waals surface area contributed by atoms with Crippen LogP contribution in [0.25, 0.3) is 10.6 Å². The zero-order valence-electron chi connectivity index (χ0n) is 22.0. The second kappa shape index (κ2) is 10.8. The molecule has 1 N–H and O–H groups in total. The largest absolute Gasteiger partial charge is 0.442 e. The maximum absolute atomic E-state index is 14.2. The van der Waals surface area contributed by atoms with Crippen molar-refractivity contribution in [2.45, 2.75) is 58.5 Å². The summed E-state index contributed by atoms with van der Waals surface area (Å²) in [4.78, 5) is 40.7. The van der Waals surface area contributed by atoms with E-state index in [1.54, 1.807) is 27.0 Å². The molecule has 1 aliphatic heterocycles. The normalized spacial score (nSPS) is 16.3. The fraction of sp³-hybridized carbons (Fsp3) is 0.393. The molecule has 2 aliphatic rings. The molecule has 0 saturated carbocycles. The van der Waals surface area contributed by atoms with Crippen molar-refractivity contribution < 1.29 is 23.1 Å². The highest BCUT2D eigenvalue weighted by Crippen LogP contribution is 2.38. The van der Waals surface area contributed by atoms with Gasteiger partial charge < -0.3 is 15.0 Å². The minimum Gasteiger partial charge on any atom is -0.442 e. The summed E-state index contributed by atoms with van der Waals surface area (Å²) < 4.78 is 33.9. The van der Waals surface area contributed by atoms with Crippen LogP contribution in [0.1, 0.15) is 61.8 Å². The summed E-state index contributed by atoms with van der Waals surface area (Å²) >= 11 is 0.994. The highest BCUT2D eigenvalue weighted by Gasteiger charge is 2.28. The molecule has 3 aromatic rings. The second-order valence-corrected chi connectivity index (χ2v) is 11.4. The van der Waals surface area contributed by atoms with Crippen LogP contribution < -0.4 is 10.2 Å². The Morgan fingerprint density at radius 2 is 1.90 bits per heavy atom. The van der Waals surface area contributed by atoms with Gasteiger partial charge in [-0.05, 0) is 70.6 Å². The number of carbonyl (C=O) groups is 2. The number of thiazole rings is 1. The zero-order chi connectivity index (χ0) is 27.7. The predicted octanol–water partition coefficient (Wildman–Crippen LogP) is 6.20. The molecule has 11 heteroatoms. The minimum atomic E-state index is -0.740. The Labute approximate surface area is 229 Å². The molecule has 204 valence electrons. The summed E-state index contributed by atoms with van der Waals surface area (Å²) in [6.45, 7) is 6.54. The van der Waals surface area contributed by atoms with Crippen molar-refractivity contribution in [2.75, 3.05) is 23.3 Å². The molecule has 2 amide bonds. The first-order chi connectivity index (χ1) is 18.6. The van der Waals surface area contributed by atoms with E-state index in [1.165, 1.54) is 11.4 Å². The number of aromatic nitrogens is 2. The van der Waals surface area contributed by atoms with Gasteiger partial charge in [0, 0.05) is 23.3 Å². The number of aryl methyl sites for hydroxylation is 1. The van der Waals surface area contributed by atoms with Crippen molar-refractivity contribution in [2.24, 2.45) is 4.99 Å². The van der Waals surface area contributed by atoms with Gasteiger partial charge in [0.2, 0.25) is 0 Å². The van der Waals surface area contributed by atoms with E-state index in [-0.39, 0.29) is 16.3 Å². The fourth-order valence-corrected chi connectivity index (χ4v) is 5.72. The first-order valence-electron chi connectivity index (χ1n) is 12.9. The number of anilines is 2. The number of rotatable bonds is 4. The number of piperidine rings is 1. The van der Waals surface area contributed by atoms with E-state index in [0.717, 1.165) is 72.6 Å². The SMILES string of the molecule is CC(C)(C)OC(=O)N=C1CCCN(c2c(NC(=O)c3csc(-c4c(F)cccc4F)n3)cnc3c2CCC3)C1. The first-order valence-corrected chi connectivity index (χ1v) is 13.7. The topological polar surface area (TPSA) is 96.8 Å². The maximum atomic E-state index is 14.2. The van der Waals surface area contributed by atoms with Crippen LogP contribution in [0.4, 0.5) is 25.0 Å². The number of nitrogens with zero attached hydrogens (tertiary/aromatic N) is 4. The number of aliphatic imine (C=N–C) groups is 1. The Bertz CT molecular complexity index is 1440. The van der Waals surface area contributed by atoms with Crippen LogP contribution in [0.2, 0.25) is 0 Å². The van der Waals surface area contributed by atoms with Gasteiger partial charge in [-0.25, -0.2) is 18.6 Å². The third-order valence-corrected chi connectivity index (χ3v) is 7.33. The summed E-state index contributed by atoms with van der Waals surface area (Å²) in [6, 6.07) is 3.59. The summed E-state index contributed by atoms with van der Waals surface area (Å²) in [5, 5.41) is 4.48. The Hall–Kier alpha value is -3.73. The molecule has 2 aromatic heterocycles. The minimum absolute atomic E-state index is 0.0509. The lowest BCUT2D eigenvalue weighted by Crippen LogP contribution is -2.37. The molecule has 0 unspecified atom stereocenters. The van der Waals surface area contributed by atoms with E-state index >= 15 is 0 Å². The number of pyridine rings is 1. The van der Waals surface area contributed by atoms with E-state index in [4.69, 9.17) is 4.74 Å². The number of hydrogen-bond donors (Lipinski definition) is 1. The van der Waals surface area contributed by atoms with Crippen LogP contribution >= 0.6 is 11.3 Å². The Morgan fingerprint density at radius 1 is 1.13 bits per heavy atom. The maximum Gasteiger partial charge on any atom is 0.434 e. The third kappa shape index (κ3) is 5.98. The van der Waals surface area contributed by atoms with E-state index in [9.17, 15) is 18.4 Å². The molecule has 8 nitrogen and oxygen atoms in total. The number of halogens is 2. The molecule has 39 heavy (non-hydrogen) atoms. The molecule has 5 rings (SSSR count). The number of amides is 2. The molecule has 3 heterocycles. The molecule has 0 spiro atoms. The molecular formula is C28H29F2N5O3S. The van der Waals surface area contributed by atoms with E-state index in [2.05, 4.69) is 25.2 Å². The number of carbonyl (C=O) groups excluding carboxylic acids is 2. The Morgan fingerprint density at radius 3 is 2.64 bits per heavy atom. The second-order valence-electron chi connectivity index (χ2n) is 10.6. The van der Waals surface area contributed by atoms with Gasteiger partial charge in [0.25, 0.3) is 5.91 Å². The van der Waals surface area contributed by atoms with Crippen molar-refractivity contribution in [1.82, 2.24) is 9.97 Å². The Kier molecular flexibility index (Phi) is 7.44. The van der Waals surface area contributed by atoms with Crippen LogP contribution in [0.15, 0.2) is 34.8 Å². The fourth-order valence-electron chi connectivity index (χ4n) is 4.87. The van der Waals surface area contributed by atoms with Gasteiger partial charge in [0.05, 0.1) is 29.7 Å². The van der Waals surface area contributed by atoms with Gasteiger partial charge in [0.1, 0.15) is 27.9 Å². The standard InChI is InChI=1S/C28H29F2N5O3S/c1-28(2,3)38-27(37)32-16-7-6-12-35(14-16)24-17-8-4-11-20(17)31-13-21(24)33-25(36)22-15-39-26(34-22)23-18(29)9-5-10-19(23)30/h5,9-10,13,15H,4,6-8,11-12,14H2,1-3H3,(H,33,36). The molecule has 0 bridgehead atoms. The van der Waals surface area contributed by atoms with Gasteiger partial charge in [-0.2, -0.15) is 4.99 Å². The van der Waals surface area contributed by atoms with Crippen LogP contribution in [-0.2, 0) is 17.6 Å². The summed E-state index contributed by atoms with van der Waals surface area (Å²) in [5.41, 5.74) is 3.31. The lowest BCUT2D eigenvalue weighted by molar-refractivity contribution is 0.0603. The molecule has 1 aromatic carbocycles. The van der Waals surface area contributed by atoms with Crippen LogP contribution in [0, 0.1) is 11.6 Å². The smallest absolute Gasteiger partial charge is 0.434 e. The van der Waals surface area contributed by atoms with Crippen LogP contribution in [0.3, 0.4) is 0 Å².